The highest BCUT2D eigenvalue weighted by Crippen LogP contribution is 2.15. The Hall–Kier alpha value is -1.05. The molecule has 1 nitrogen and oxygen atoms in total. The molecule has 0 bridgehead atoms. The van der Waals surface area contributed by atoms with E-state index >= 15 is 0 Å². The molecule has 0 N–H and O–H groups in total. The average molecular weight is 212 g/mol. The summed E-state index contributed by atoms with van der Waals surface area (Å²) >= 11 is 0. The van der Waals surface area contributed by atoms with Crippen LogP contribution in [0.4, 0.5) is 4.39 Å². The summed E-state index contributed by atoms with van der Waals surface area (Å²) in [6.45, 7) is 9.10. The van der Waals surface area contributed by atoms with Gasteiger partial charge in [0, 0.05) is 0 Å². The van der Waals surface area contributed by atoms with Gasteiger partial charge in [-0.25, -0.2) is 4.39 Å². The highest BCUT2D eigenvalue weighted by Gasteiger charge is 2.15. The maximum atomic E-state index is 13.0. The summed E-state index contributed by atoms with van der Waals surface area (Å²) in [5, 5.41) is 0. The summed E-state index contributed by atoms with van der Waals surface area (Å²) in [7, 11) is 0. The number of benzene rings is 1. The zero-order valence-electron chi connectivity index (χ0n) is 10.3. The molecule has 0 radical (unpaired) electrons. The zero-order chi connectivity index (χ0) is 11.9. The van der Waals surface area contributed by atoms with E-state index in [0.29, 0.717) is 0 Å². The molecule has 86 valence electrons. The lowest BCUT2D eigenvalue weighted by molar-refractivity contribution is 0.121. The van der Waals surface area contributed by atoms with Crippen LogP contribution >= 0.6 is 0 Å². The van der Waals surface area contributed by atoms with E-state index in [2.05, 4.69) is 0 Å². The van der Waals surface area contributed by atoms with E-state index in [1.807, 2.05) is 45.0 Å². The highest BCUT2D eigenvalue weighted by atomic mass is 19.1. The maximum absolute atomic E-state index is 13.0. The summed E-state index contributed by atoms with van der Waals surface area (Å²) in [6.07, 6.45) is 0. The number of alkyl halides is 1. The molecule has 1 rings (SSSR count). The Bertz CT molecular complexity index is 259. The highest BCUT2D eigenvalue weighted by molar-refractivity contribution is 5.26. The first-order valence-electron chi connectivity index (χ1n) is 5.36. The fraction of sp³-hybridized carbons (Fsp3) is 0.538. The number of rotatable bonds is 3. The molecule has 0 atom stereocenters. The van der Waals surface area contributed by atoms with E-state index in [0.717, 1.165) is 5.75 Å². The van der Waals surface area contributed by atoms with Crippen LogP contribution in [0.15, 0.2) is 24.3 Å². The Balaban J connectivity index is 0.000000921. The van der Waals surface area contributed by atoms with E-state index in [9.17, 15) is 4.39 Å². The van der Waals surface area contributed by atoms with Crippen LogP contribution in [0.3, 0.4) is 0 Å². The molecule has 0 spiro atoms. The van der Waals surface area contributed by atoms with E-state index in [1.165, 1.54) is 19.4 Å². The number of halogens is 1. The van der Waals surface area contributed by atoms with Gasteiger partial charge in [-0.05, 0) is 32.9 Å². The number of aryl methyl sites for hydroxylation is 1. The van der Waals surface area contributed by atoms with Crippen molar-refractivity contribution in [3.8, 4) is 5.75 Å². The second-order valence-corrected chi connectivity index (χ2v) is 3.82. The van der Waals surface area contributed by atoms with Crippen LogP contribution in [0.5, 0.6) is 5.75 Å². The first kappa shape index (κ1) is 13.9. The molecular formula is C13H21FO. The van der Waals surface area contributed by atoms with Crippen molar-refractivity contribution in [1.29, 1.82) is 0 Å². The molecule has 0 heterocycles. The van der Waals surface area contributed by atoms with Crippen molar-refractivity contribution < 1.29 is 9.13 Å². The van der Waals surface area contributed by atoms with Crippen molar-refractivity contribution in [2.45, 2.75) is 40.3 Å². The van der Waals surface area contributed by atoms with Crippen molar-refractivity contribution in [3.63, 3.8) is 0 Å². The van der Waals surface area contributed by atoms with Gasteiger partial charge in [0.2, 0.25) is 0 Å². The van der Waals surface area contributed by atoms with E-state index in [1.54, 1.807) is 0 Å². The van der Waals surface area contributed by atoms with Crippen LogP contribution in [0.25, 0.3) is 0 Å². The molecular weight excluding hydrogens is 191 g/mol. The third-order valence-electron chi connectivity index (χ3n) is 1.60. The molecule has 1 aromatic rings. The predicted molar refractivity (Wildman–Crippen MR) is 63.2 cm³/mol. The third-order valence-corrected chi connectivity index (χ3v) is 1.60. The Morgan fingerprint density at radius 3 is 2.00 bits per heavy atom. The van der Waals surface area contributed by atoms with Crippen LogP contribution in [0.1, 0.15) is 33.3 Å². The Morgan fingerprint density at radius 1 is 1.13 bits per heavy atom. The van der Waals surface area contributed by atoms with Crippen LogP contribution in [-0.2, 0) is 0 Å². The molecule has 0 amide bonds. The molecule has 0 aliphatic heterocycles. The van der Waals surface area contributed by atoms with Crippen molar-refractivity contribution in [3.05, 3.63) is 29.8 Å². The number of ether oxygens (including phenoxy) is 1. The topological polar surface area (TPSA) is 9.23 Å². The van der Waals surface area contributed by atoms with E-state index < -0.39 is 5.67 Å². The fourth-order valence-electron chi connectivity index (χ4n) is 0.889. The van der Waals surface area contributed by atoms with Crippen molar-refractivity contribution in [2.75, 3.05) is 6.61 Å². The molecule has 0 saturated heterocycles. The van der Waals surface area contributed by atoms with Gasteiger partial charge < -0.3 is 4.74 Å². The van der Waals surface area contributed by atoms with Gasteiger partial charge in [-0.3, -0.25) is 0 Å². The summed E-state index contributed by atoms with van der Waals surface area (Å²) in [5.41, 5.74) is -0.0999. The van der Waals surface area contributed by atoms with E-state index in [4.69, 9.17) is 4.74 Å². The first-order valence-corrected chi connectivity index (χ1v) is 5.36. The minimum atomic E-state index is -1.27. The second kappa shape index (κ2) is 6.44. The standard InChI is InChI=1S/C11H15FO.C2H6/c1-9-4-6-10(7-5-9)13-8-11(2,3)12;1-2/h4-7H,8H2,1-3H3;1-2H3. The van der Waals surface area contributed by atoms with Gasteiger partial charge in [-0.1, -0.05) is 31.5 Å². The predicted octanol–water partition coefficient (Wildman–Crippen LogP) is 4.15. The van der Waals surface area contributed by atoms with Crippen molar-refractivity contribution >= 4 is 0 Å². The lowest BCUT2D eigenvalue weighted by Gasteiger charge is -2.15. The quantitative estimate of drug-likeness (QED) is 0.731. The lowest BCUT2D eigenvalue weighted by atomic mass is 10.2. The van der Waals surface area contributed by atoms with Gasteiger partial charge in [0.15, 0.2) is 0 Å². The van der Waals surface area contributed by atoms with Gasteiger partial charge in [0.25, 0.3) is 0 Å². The molecule has 0 unspecified atom stereocenters. The summed E-state index contributed by atoms with van der Waals surface area (Å²) in [4.78, 5) is 0. The van der Waals surface area contributed by atoms with Gasteiger partial charge in [0.05, 0.1) is 0 Å². The first-order chi connectivity index (χ1) is 6.97. The molecule has 0 aliphatic carbocycles. The average Bonchev–Trinajstić information content (AvgIpc) is 2.19. The summed E-state index contributed by atoms with van der Waals surface area (Å²) in [6, 6.07) is 7.59. The molecule has 15 heavy (non-hydrogen) atoms. The lowest BCUT2D eigenvalue weighted by Crippen LogP contribution is -2.22. The number of hydrogen-bond donors (Lipinski definition) is 0. The smallest absolute Gasteiger partial charge is 0.139 e. The Labute approximate surface area is 92.3 Å². The van der Waals surface area contributed by atoms with Crippen molar-refractivity contribution in [2.24, 2.45) is 0 Å². The SMILES string of the molecule is CC.Cc1ccc(OCC(C)(C)F)cc1. The van der Waals surface area contributed by atoms with Crippen LogP contribution in [0.2, 0.25) is 0 Å². The van der Waals surface area contributed by atoms with Gasteiger partial charge in [0.1, 0.15) is 18.0 Å². The Kier molecular flexibility index (Phi) is 5.99. The summed E-state index contributed by atoms with van der Waals surface area (Å²) in [5.74, 6) is 0.719. The maximum Gasteiger partial charge on any atom is 0.139 e. The largest absolute Gasteiger partial charge is 0.490 e. The molecule has 0 saturated carbocycles. The molecule has 0 fully saturated rings. The minimum absolute atomic E-state index is 0.0933. The second-order valence-electron chi connectivity index (χ2n) is 3.82. The minimum Gasteiger partial charge on any atom is -0.490 e. The van der Waals surface area contributed by atoms with Gasteiger partial charge in [-0.15, -0.1) is 0 Å². The van der Waals surface area contributed by atoms with Crippen LogP contribution < -0.4 is 4.74 Å². The Morgan fingerprint density at radius 2 is 1.60 bits per heavy atom. The van der Waals surface area contributed by atoms with Crippen LogP contribution in [-0.4, -0.2) is 12.3 Å². The monoisotopic (exact) mass is 212 g/mol. The molecule has 2 heteroatoms. The van der Waals surface area contributed by atoms with Crippen molar-refractivity contribution in [1.82, 2.24) is 0 Å². The molecule has 1 aromatic carbocycles. The normalized spacial score (nSPS) is 10.3. The molecule has 0 aromatic heterocycles. The van der Waals surface area contributed by atoms with Gasteiger partial charge >= 0.3 is 0 Å². The zero-order valence-corrected chi connectivity index (χ0v) is 10.3. The summed E-state index contributed by atoms with van der Waals surface area (Å²) < 4.78 is 18.3. The third kappa shape index (κ3) is 6.95. The number of hydrogen-bond acceptors (Lipinski definition) is 1. The van der Waals surface area contributed by atoms with Crippen LogP contribution in [0, 0.1) is 6.92 Å². The fourth-order valence-corrected chi connectivity index (χ4v) is 0.889. The van der Waals surface area contributed by atoms with Gasteiger partial charge in [-0.2, -0.15) is 0 Å². The van der Waals surface area contributed by atoms with E-state index in [-0.39, 0.29) is 6.61 Å². The molecule has 0 aliphatic rings.